The Labute approximate surface area is 173 Å². The summed E-state index contributed by atoms with van der Waals surface area (Å²) in [7, 11) is 0. The fourth-order valence-electron chi connectivity index (χ4n) is 1.49. The monoisotopic (exact) mass is 486 g/mol. The molecule has 0 amide bonds. The molecule has 0 N–H and O–H groups in total. The van der Waals surface area contributed by atoms with Gasteiger partial charge >= 0.3 is 33.7 Å². The van der Waals surface area contributed by atoms with Crippen molar-refractivity contribution in [3.63, 3.8) is 0 Å². The fourth-order valence-corrected chi connectivity index (χ4v) is 2.86. The molecule has 0 aromatic rings. The van der Waals surface area contributed by atoms with Crippen LogP contribution in [0.1, 0.15) is 20.8 Å². The van der Waals surface area contributed by atoms with Crippen molar-refractivity contribution in [3.8, 4) is 0 Å². The summed E-state index contributed by atoms with van der Waals surface area (Å²) >= 11 is -5.20. The van der Waals surface area contributed by atoms with Crippen molar-refractivity contribution in [3.05, 3.63) is 35.5 Å². The zero-order valence-corrected chi connectivity index (χ0v) is 16.8. The maximum absolute atomic E-state index is 13.0. The molecule has 0 fully saturated rings. The average Bonchev–Trinajstić information content (AvgIpc) is 2.48. The molecule has 0 aliphatic carbocycles. The SMILES string of the molecule is CC(=O)/C=C(\[O][Al]([O]/C(=C\C(C)=O)C(F)(F)F)[O]/C(=C\C(C)=O)C(F)(F)F)C(F)(F)F. The highest BCUT2D eigenvalue weighted by molar-refractivity contribution is 6.38. The van der Waals surface area contributed by atoms with Gasteiger partial charge in [0.25, 0.3) is 0 Å². The second kappa shape index (κ2) is 10.7. The molecule has 0 aliphatic rings. The van der Waals surface area contributed by atoms with Gasteiger partial charge in [-0.05, 0) is 20.8 Å². The van der Waals surface area contributed by atoms with Crippen LogP contribution in [0.2, 0.25) is 0 Å². The first-order valence-corrected chi connectivity index (χ1v) is 9.03. The standard InChI is InChI=1S/3C5H5F3O2.Al/c3*1-3(9)2-4(10)5(6,7)8;/h3*2,10H,1H3;/q;;;+3/p-3/b3*4-2-;. The third-order valence-corrected chi connectivity index (χ3v) is 3.85. The number of rotatable bonds is 9. The van der Waals surface area contributed by atoms with Gasteiger partial charge in [-0.2, -0.15) is 39.5 Å². The molecule has 0 heterocycles. The Bertz CT molecular complexity index is 686. The zero-order valence-electron chi connectivity index (χ0n) is 15.7. The van der Waals surface area contributed by atoms with Gasteiger partial charge in [0.15, 0.2) is 34.6 Å². The Morgan fingerprint density at radius 1 is 0.548 bits per heavy atom. The van der Waals surface area contributed by atoms with Crippen molar-refractivity contribution >= 4 is 32.5 Å². The third-order valence-electron chi connectivity index (χ3n) is 2.51. The lowest BCUT2D eigenvalue weighted by Crippen LogP contribution is -2.35. The van der Waals surface area contributed by atoms with Crippen molar-refractivity contribution in [2.24, 2.45) is 0 Å². The van der Waals surface area contributed by atoms with Gasteiger partial charge in [-0.25, -0.2) is 0 Å². The summed E-state index contributed by atoms with van der Waals surface area (Å²) in [5.41, 5.74) is 0. The molecule has 0 saturated carbocycles. The number of hydrogen-bond acceptors (Lipinski definition) is 6. The predicted molar refractivity (Wildman–Crippen MR) is 83.5 cm³/mol. The molecule has 0 aromatic carbocycles. The minimum Gasteiger partial charge on any atom is -0.574 e. The molecular formula is C15H12AlF9O6. The molecule has 0 radical (unpaired) electrons. The second-order valence-electron chi connectivity index (χ2n) is 5.49. The lowest BCUT2D eigenvalue weighted by Gasteiger charge is -2.23. The maximum Gasteiger partial charge on any atom is 1.20 e. The molecule has 16 heteroatoms. The Kier molecular flexibility index (Phi) is 9.86. The minimum absolute atomic E-state index is 0.267. The van der Waals surface area contributed by atoms with Crippen LogP contribution in [0.15, 0.2) is 35.5 Å². The zero-order chi connectivity index (χ0) is 24.8. The van der Waals surface area contributed by atoms with Crippen LogP contribution in [0, 0.1) is 0 Å². The maximum atomic E-state index is 13.0. The largest absolute Gasteiger partial charge is 1.20 e. The molecule has 0 aliphatic heterocycles. The van der Waals surface area contributed by atoms with E-state index >= 15 is 0 Å². The van der Waals surface area contributed by atoms with E-state index in [-0.39, 0.29) is 18.2 Å². The minimum atomic E-state index is -5.55. The summed E-state index contributed by atoms with van der Waals surface area (Å²) in [4.78, 5) is 32.8. The Hall–Kier alpha value is -2.47. The second-order valence-corrected chi connectivity index (χ2v) is 6.78. The van der Waals surface area contributed by atoms with E-state index in [9.17, 15) is 53.9 Å². The van der Waals surface area contributed by atoms with Gasteiger partial charge in [0.2, 0.25) is 0 Å². The number of ketones is 3. The molecule has 0 saturated heterocycles. The third kappa shape index (κ3) is 11.5. The number of carbonyl (C=O) groups excluding carboxylic acids is 3. The van der Waals surface area contributed by atoms with E-state index in [2.05, 4.69) is 11.4 Å². The number of allylic oxidation sites excluding steroid dienone is 6. The first-order valence-electron chi connectivity index (χ1n) is 7.61. The fraction of sp³-hybridized carbons (Fsp3) is 0.400. The number of halogens is 9. The highest BCUT2D eigenvalue weighted by Crippen LogP contribution is 2.33. The number of hydrogen-bond donors (Lipinski definition) is 0. The normalized spacial score (nSPS) is 14.1. The van der Waals surface area contributed by atoms with E-state index in [0.717, 1.165) is 0 Å². The molecule has 0 aromatic heterocycles. The summed E-state index contributed by atoms with van der Waals surface area (Å²) in [6.07, 6.45) is -17.4. The van der Waals surface area contributed by atoms with Crippen LogP contribution in [0.4, 0.5) is 39.5 Å². The van der Waals surface area contributed by atoms with Gasteiger partial charge in [0, 0.05) is 18.2 Å². The first-order chi connectivity index (χ1) is 13.7. The summed E-state index contributed by atoms with van der Waals surface area (Å²) in [5, 5.41) is 0. The lowest BCUT2D eigenvalue weighted by molar-refractivity contribution is -0.142. The van der Waals surface area contributed by atoms with Crippen LogP contribution in [0.5, 0.6) is 0 Å². The lowest BCUT2D eigenvalue weighted by atomic mass is 10.3. The average molecular weight is 486 g/mol. The molecule has 6 nitrogen and oxygen atoms in total. The summed E-state index contributed by atoms with van der Waals surface area (Å²) in [6, 6.07) is 0. The molecule has 0 bridgehead atoms. The van der Waals surface area contributed by atoms with Gasteiger partial charge in [0.1, 0.15) is 0 Å². The van der Waals surface area contributed by atoms with Crippen molar-refractivity contribution in [2.45, 2.75) is 39.3 Å². The summed E-state index contributed by atoms with van der Waals surface area (Å²) < 4.78 is 129. The molecule has 0 unspecified atom stereocenters. The number of alkyl halides is 9. The van der Waals surface area contributed by atoms with E-state index in [1.165, 1.54) is 0 Å². The summed E-state index contributed by atoms with van der Waals surface area (Å²) in [6.45, 7) is 1.75. The van der Waals surface area contributed by atoms with Gasteiger partial charge in [0.05, 0.1) is 0 Å². The highest BCUT2D eigenvalue weighted by Gasteiger charge is 2.56. The molecule has 0 rings (SSSR count). The van der Waals surface area contributed by atoms with E-state index in [4.69, 9.17) is 0 Å². The van der Waals surface area contributed by atoms with Crippen LogP contribution in [-0.2, 0) is 25.7 Å². The Morgan fingerprint density at radius 2 is 0.742 bits per heavy atom. The van der Waals surface area contributed by atoms with E-state index < -0.39 is 68.3 Å². The van der Waals surface area contributed by atoms with Crippen molar-refractivity contribution in [1.82, 2.24) is 0 Å². The van der Waals surface area contributed by atoms with E-state index in [0.29, 0.717) is 20.8 Å². The van der Waals surface area contributed by atoms with E-state index in [1.54, 1.807) is 0 Å². The van der Waals surface area contributed by atoms with Crippen molar-refractivity contribution < 1.29 is 65.3 Å². The summed E-state index contributed by atoms with van der Waals surface area (Å²) in [5.74, 6) is -10.9. The van der Waals surface area contributed by atoms with Crippen molar-refractivity contribution in [2.75, 3.05) is 0 Å². The first kappa shape index (κ1) is 28.5. The highest BCUT2D eigenvalue weighted by atomic mass is 27.3. The quantitative estimate of drug-likeness (QED) is 0.211. The molecule has 174 valence electrons. The van der Waals surface area contributed by atoms with Crippen LogP contribution in [0.25, 0.3) is 0 Å². The molecule has 0 spiro atoms. The van der Waals surface area contributed by atoms with Gasteiger partial charge in [-0.3, -0.25) is 14.4 Å². The van der Waals surface area contributed by atoms with Crippen LogP contribution < -0.4 is 0 Å². The number of carbonyl (C=O) groups is 3. The van der Waals surface area contributed by atoms with Crippen molar-refractivity contribution in [1.29, 1.82) is 0 Å². The smallest absolute Gasteiger partial charge is 0.574 e. The van der Waals surface area contributed by atoms with E-state index in [1.807, 2.05) is 0 Å². The topological polar surface area (TPSA) is 78.9 Å². The molecule has 31 heavy (non-hydrogen) atoms. The van der Waals surface area contributed by atoms with Gasteiger partial charge in [-0.15, -0.1) is 0 Å². The van der Waals surface area contributed by atoms with Crippen LogP contribution >= 0.6 is 0 Å². The Morgan fingerprint density at radius 3 is 0.871 bits per heavy atom. The molecule has 0 atom stereocenters. The van der Waals surface area contributed by atoms with Gasteiger partial charge in [-0.1, -0.05) is 0 Å². The van der Waals surface area contributed by atoms with Crippen LogP contribution in [0.3, 0.4) is 0 Å². The Balaban J connectivity index is 6.44. The van der Waals surface area contributed by atoms with Crippen LogP contribution in [-0.4, -0.2) is 51.0 Å². The van der Waals surface area contributed by atoms with Gasteiger partial charge < -0.3 is 11.4 Å². The molecular weight excluding hydrogens is 474 g/mol. The predicted octanol–water partition coefficient (Wildman–Crippen LogP) is 4.13.